The summed E-state index contributed by atoms with van der Waals surface area (Å²) in [6.45, 7) is 4.10. The Labute approximate surface area is 606 Å². The molecule has 3 aliphatic rings. The van der Waals surface area contributed by atoms with Crippen LogP contribution in [0.1, 0.15) is 93.5 Å². The molecule has 3 heterocycles. The first-order chi connectivity index (χ1) is 50.2. The highest BCUT2D eigenvalue weighted by Gasteiger charge is 2.45. The van der Waals surface area contributed by atoms with Crippen molar-refractivity contribution in [3.05, 3.63) is 167 Å². The lowest BCUT2D eigenvalue weighted by molar-refractivity contribution is -0.148. The number of carbonyl (C=O) groups excluding carboxylic acids is 13. The van der Waals surface area contributed by atoms with Crippen molar-refractivity contribution in [3.63, 3.8) is 0 Å². The summed E-state index contributed by atoms with van der Waals surface area (Å²) in [4.78, 5) is 191. The predicted octanol–water partition coefficient (Wildman–Crippen LogP) is -1.35. The highest BCUT2D eigenvalue weighted by atomic mass is 16.3. The molecule has 31 nitrogen and oxygen atoms in total. The van der Waals surface area contributed by atoms with E-state index in [9.17, 15) is 67.7 Å². The van der Waals surface area contributed by atoms with Crippen molar-refractivity contribution < 1.29 is 72.5 Å². The van der Waals surface area contributed by atoms with E-state index in [4.69, 9.17) is 16.9 Å². The first-order valence-electron chi connectivity index (χ1n) is 34.9. The molecule has 0 saturated carbocycles. The summed E-state index contributed by atoms with van der Waals surface area (Å²) in [6.07, 6.45) is -0.860. The van der Waals surface area contributed by atoms with Gasteiger partial charge in [-0.2, -0.15) is 0 Å². The number of aromatic hydroxyl groups is 2. The fourth-order valence-corrected chi connectivity index (χ4v) is 12.6. The third kappa shape index (κ3) is 23.3. The van der Waals surface area contributed by atoms with Crippen LogP contribution in [0.25, 0.3) is 0 Å². The summed E-state index contributed by atoms with van der Waals surface area (Å²) in [6, 6.07) is 19.6. The zero-order valence-electron chi connectivity index (χ0n) is 58.6. The SMILES string of the molecule is C[C@@H]1NC(=O)[C@H](Cc2ccccc2)NC(=O)[C@H](C)NC(=O)[C@H](CC(N)=O)NC(=O)[C@H](Cc2ccccc2)NC(=O)[C@H](Cc2ccccc2)NC(=O)[C@H](CCCNC(=N)N)NC(=O)[C@H](C)NC(=O)[C@H](Cc2ccc(O)cc2)NC(=O)[C@@H]2CCCN2C(=O)[C@H]2CCCN2C(=O)[C@H](Cc2ccc(O)cc2)NC1=O. The molecule has 0 aliphatic carbocycles. The van der Waals surface area contributed by atoms with Crippen LogP contribution >= 0.6 is 0 Å². The number of fused-ring (bicyclic) bond motifs is 2. The van der Waals surface area contributed by atoms with Gasteiger partial charge in [0.15, 0.2) is 5.96 Å². The lowest BCUT2D eigenvalue weighted by Crippen LogP contribution is -2.61. The second-order valence-electron chi connectivity index (χ2n) is 26.5. The first-order valence-corrected chi connectivity index (χ1v) is 34.9. The average molecular weight is 1450 g/mol. The number of hydrogen-bond donors (Lipinski definition) is 16. The third-order valence-corrected chi connectivity index (χ3v) is 18.3. The van der Waals surface area contributed by atoms with E-state index >= 15 is 4.79 Å². The maximum atomic E-state index is 15.1. The van der Waals surface area contributed by atoms with Crippen LogP contribution in [0.4, 0.5) is 0 Å². The minimum Gasteiger partial charge on any atom is -0.508 e. The number of hydrogen-bond acceptors (Lipinski definition) is 16. The largest absolute Gasteiger partial charge is 0.508 e. The Morgan fingerprint density at radius 1 is 0.400 bits per heavy atom. The Bertz CT molecular complexity index is 3930. The van der Waals surface area contributed by atoms with E-state index in [-0.39, 0.29) is 94.9 Å². The first kappa shape index (κ1) is 78.8. The lowest BCUT2D eigenvalue weighted by Gasteiger charge is -2.33. The molecule has 3 fully saturated rings. The van der Waals surface area contributed by atoms with E-state index in [0.717, 1.165) is 0 Å². The van der Waals surface area contributed by atoms with E-state index < -0.39 is 156 Å². The van der Waals surface area contributed by atoms with Crippen molar-refractivity contribution in [1.29, 1.82) is 5.41 Å². The molecule has 0 bridgehead atoms. The minimum absolute atomic E-state index is 0.0432. The molecule has 0 radical (unpaired) electrons. The Hall–Kier alpha value is -11.9. The second kappa shape index (κ2) is 37.8. The Balaban J connectivity index is 1.15. The number of nitrogens with zero attached hydrogens (tertiary/aromatic N) is 2. The molecule has 0 aromatic heterocycles. The number of rotatable bonds is 16. The number of benzene rings is 5. The summed E-state index contributed by atoms with van der Waals surface area (Å²) in [5, 5.41) is 57.2. The quantitative estimate of drug-likeness (QED) is 0.0309. The van der Waals surface area contributed by atoms with Gasteiger partial charge in [0.2, 0.25) is 76.8 Å². The van der Waals surface area contributed by atoms with Crippen LogP contribution in [0.5, 0.6) is 11.5 Å². The lowest BCUT2D eigenvalue weighted by atomic mass is 10.0. The fourth-order valence-electron chi connectivity index (χ4n) is 12.6. The second-order valence-corrected chi connectivity index (χ2v) is 26.5. The van der Waals surface area contributed by atoms with Gasteiger partial charge in [0.1, 0.15) is 84.0 Å². The van der Waals surface area contributed by atoms with E-state index in [1.54, 1.807) is 91.0 Å². The summed E-state index contributed by atoms with van der Waals surface area (Å²) in [5.74, 6) is -12.1. The molecule has 5 aromatic carbocycles. The molecule has 8 rings (SSSR count). The molecule has 18 N–H and O–H groups in total. The van der Waals surface area contributed by atoms with Gasteiger partial charge < -0.3 is 90.0 Å². The number of nitrogens with two attached hydrogens (primary N) is 2. The maximum Gasteiger partial charge on any atom is 0.246 e. The molecule has 558 valence electrons. The van der Waals surface area contributed by atoms with Gasteiger partial charge in [0, 0.05) is 51.7 Å². The van der Waals surface area contributed by atoms with Crippen molar-refractivity contribution in [1.82, 2.24) is 68.3 Å². The van der Waals surface area contributed by atoms with Crippen LogP contribution in [-0.2, 0) is 94.4 Å². The monoisotopic (exact) mass is 1440 g/mol. The van der Waals surface area contributed by atoms with Gasteiger partial charge in [-0.05, 0) is 111 Å². The van der Waals surface area contributed by atoms with Gasteiger partial charge in [-0.3, -0.25) is 67.7 Å². The molecule has 5 aromatic rings. The molecule has 31 heteroatoms. The summed E-state index contributed by atoms with van der Waals surface area (Å²) >= 11 is 0. The standard InChI is InChI=1S/C74H92N16O15/c1-42-62(94)82-52(22-13-33-78-74(76)77)65(97)84-55(37-46-18-9-5-10-19-46)69(101)85-56(38-47-20-11-6-12-21-47)70(102)86-57(41-61(75)93)68(100)81-43(2)63(95)83-53(36-45-16-7-4-8-17-45)66(98)80-44(3)64(96)88-58(40-49-27-31-51(92)32-28-49)72(104)90-35-15-24-60(90)73(105)89-34-14-23-59(89)71(103)87-54(67(99)79-42)39-48-25-29-50(91)30-26-48/h4-12,16-21,25-32,42-44,52-60,91-92H,13-15,22-24,33-41H2,1-3H3,(H2,75,93)(H,79,99)(H,80,98)(H,81,100)(H,82,94)(H,83,95)(H,84,97)(H,85,101)(H,86,102)(H,87,103)(H,88,96)(H4,76,77,78)/t42-,43-,44-,52-,53-,54-,55-,56-,57-,58-,59-,60+/m0/s1. The number of nitrogens with one attached hydrogen (secondary N) is 12. The van der Waals surface area contributed by atoms with Crippen LogP contribution in [-0.4, -0.2) is 195 Å². The number of guanidine groups is 1. The molecular weight excluding hydrogens is 1350 g/mol. The van der Waals surface area contributed by atoms with Gasteiger partial charge in [-0.1, -0.05) is 115 Å². The van der Waals surface area contributed by atoms with Crippen LogP contribution < -0.4 is 70.0 Å². The van der Waals surface area contributed by atoms with E-state index in [0.29, 0.717) is 40.7 Å². The minimum atomic E-state index is -1.79. The topological polar surface area (TPSA) is 477 Å². The van der Waals surface area contributed by atoms with Crippen molar-refractivity contribution in [2.45, 2.75) is 170 Å². The van der Waals surface area contributed by atoms with E-state index in [2.05, 4.69) is 58.5 Å². The molecule has 0 unspecified atom stereocenters. The average Bonchev–Trinajstić information content (AvgIpc) is 1.68. The zero-order valence-corrected chi connectivity index (χ0v) is 58.6. The van der Waals surface area contributed by atoms with E-state index in [1.807, 2.05) is 0 Å². The van der Waals surface area contributed by atoms with Crippen LogP contribution in [0.2, 0.25) is 0 Å². The molecule has 12 atom stereocenters. The summed E-state index contributed by atoms with van der Waals surface area (Å²) < 4.78 is 0. The van der Waals surface area contributed by atoms with Crippen LogP contribution in [0.3, 0.4) is 0 Å². The number of phenols is 2. The Morgan fingerprint density at radius 3 is 1.12 bits per heavy atom. The molecule has 0 spiro atoms. The fraction of sp³-hybridized carbons (Fsp3) is 0.405. The summed E-state index contributed by atoms with van der Waals surface area (Å²) in [5.41, 5.74) is 13.8. The normalized spacial score (nSPS) is 24.9. The highest BCUT2D eigenvalue weighted by Crippen LogP contribution is 2.27. The highest BCUT2D eigenvalue weighted by molar-refractivity contribution is 6.01. The van der Waals surface area contributed by atoms with Gasteiger partial charge in [-0.15, -0.1) is 0 Å². The van der Waals surface area contributed by atoms with Gasteiger partial charge in [-0.25, -0.2) is 0 Å². The van der Waals surface area contributed by atoms with Gasteiger partial charge in [0.25, 0.3) is 0 Å². The van der Waals surface area contributed by atoms with Gasteiger partial charge >= 0.3 is 0 Å². The zero-order chi connectivity index (χ0) is 75.9. The van der Waals surface area contributed by atoms with Crippen molar-refractivity contribution in [2.75, 3.05) is 19.6 Å². The molecule has 3 aliphatic heterocycles. The van der Waals surface area contributed by atoms with Crippen molar-refractivity contribution in [2.24, 2.45) is 11.5 Å². The van der Waals surface area contributed by atoms with Crippen LogP contribution in [0, 0.1) is 5.41 Å². The number of carbonyl (C=O) groups is 13. The maximum absolute atomic E-state index is 15.1. The van der Waals surface area contributed by atoms with Gasteiger partial charge in [0.05, 0.1) is 6.42 Å². The third-order valence-electron chi connectivity index (χ3n) is 18.3. The number of amides is 13. The van der Waals surface area contributed by atoms with E-state index in [1.165, 1.54) is 79.1 Å². The summed E-state index contributed by atoms with van der Waals surface area (Å²) in [7, 11) is 0. The van der Waals surface area contributed by atoms with Crippen LogP contribution in [0.15, 0.2) is 140 Å². The Kier molecular flexibility index (Phi) is 28.4. The molecular formula is C74H92N16O15. The predicted molar refractivity (Wildman–Crippen MR) is 383 cm³/mol. The molecule has 105 heavy (non-hydrogen) atoms. The Morgan fingerprint density at radius 2 is 0.714 bits per heavy atom. The number of phenolic OH excluding ortho intramolecular Hbond substituents is 2. The molecule has 13 amide bonds. The van der Waals surface area contributed by atoms with Crippen molar-refractivity contribution in [3.8, 4) is 11.5 Å². The molecule has 3 saturated heterocycles. The van der Waals surface area contributed by atoms with Crippen molar-refractivity contribution >= 4 is 82.8 Å². The number of primary amides is 1. The smallest absolute Gasteiger partial charge is 0.246 e.